The van der Waals surface area contributed by atoms with Crippen LogP contribution in [0.2, 0.25) is 0 Å². The van der Waals surface area contributed by atoms with Gasteiger partial charge in [-0.25, -0.2) is 4.90 Å². The Balaban J connectivity index is 1.66. The van der Waals surface area contributed by atoms with Gasteiger partial charge in [0.05, 0.1) is 24.1 Å². The topological polar surface area (TPSA) is 58.6 Å². The number of hydrogen-bond donors (Lipinski definition) is 1. The highest BCUT2D eigenvalue weighted by Crippen LogP contribution is 2.39. The van der Waals surface area contributed by atoms with Crippen LogP contribution < -0.4 is 15.0 Å². The molecular weight excluding hydrogens is 420 g/mol. The molecule has 3 aromatic carbocycles. The molecule has 0 radical (unpaired) electrons. The van der Waals surface area contributed by atoms with Crippen molar-refractivity contribution in [3.8, 4) is 5.75 Å². The van der Waals surface area contributed by atoms with Crippen LogP contribution in [0.5, 0.6) is 5.75 Å². The number of methoxy groups -OCH3 is 1. The van der Waals surface area contributed by atoms with E-state index in [0.717, 1.165) is 21.2 Å². The van der Waals surface area contributed by atoms with Crippen LogP contribution in [0.3, 0.4) is 0 Å². The Morgan fingerprint density at radius 3 is 2.50 bits per heavy atom. The Kier molecular flexibility index (Phi) is 4.99. The standard InChI is InChI=1S/C26H20N2O3S/c1-16-12-13-21(31-2)19(15-16)27-24-23(22-11-6-14-32-22)25(29)28(26(24)30)20-10-5-8-17-7-3-4-9-18(17)20/h3-15,27H,1-2H3. The number of rotatable bonds is 5. The maximum absolute atomic E-state index is 13.7. The molecule has 0 atom stereocenters. The van der Waals surface area contributed by atoms with Crippen molar-refractivity contribution < 1.29 is 14.3 Å². The van der Waals surface area contributed by atoms with E-state index in [-0.39, 0.29) is 11.6 Å². The quantitative estimate of drug-likeness (QED) is 0.410. The Labute approximate surface area is 189 Å². The molecule has 0 saturated heterocycles. The van der Waals surface area contributed by atoms with Crippen LogP contribution in [0.15, 0.2) is 83.9 Å². The Bertz CT molecular complexity index is 1380. The molecule has 1 aliphatic heterocycles. The number of anilines is 2. The van der Waals surface area contributed by atoms with Crippen molar-refractivity contribution in [3.05, 3.63) is 94.3 Å². The molecule has 0 aliphatic carbocycles. The number of amides is 2. The van der Waals surface area contributed by atoms with Crippen LogP contribution in [-0.4, -0.2) is 18.9 Å². The lowest BCUT2D eigenvalue weighted by Crippen LogP contribution is -2.32. The summed E-state index contributed by atoms with van der Waals surface area (Å²) < 4.78 is 5.48. The van der Waals surface area contributed by atoms with Gasteiger partial charge in [0.1, 0.15) is 11.4 Å². The fraction of sp³-hybridized carbons (Fsp3) is 0.0769. The molecule has 4 aromatic rings. The van der Waals surface area contributed by atoms with Crippen LogP contribution in [-0.2, 0) is 9.59 Å². The first-order valence-electron chi connectivity index (χ1n) is 10.1. The van der Waals surface area contributed by atoms with Crippen molar-refractivity contribution >= 4 is 50.9 Å². The number of aryl methyl sites for hydroxylation is 1. The normalized spacial score (nSPS) is 13.9. The predicted molar refractivity (Wildman–Crippen MR) is 129 cm³/mol. The summed E-state index contributed by atoms with van der Waals surface area (Å²) in [5.41, 5.74) is 2.82. The zero-order chi connectivity index (χ0) is 22.2. The first-order valence-corrected chi connectivity index (χ1v) is 11.0. The number of carbonyl (C=O) groups is 2. The minimum atomic E-state index is -0.390. The van der Waals surface area contributed by atoms with Gasteiger partial charge < -0.3 is 10.1 Å². The molecule has 1 aliphatic rings. The van der Waals surface area contributed by atoms with E-state index in [2.05, 4.69) is 5.32 Å². The summed E-state index contributed by atoms with van der Waals surface area (Å²) in [4.78, 5) is 29.4. The van der Waals surface area contributed by atoms with E-state index in [4.69, 9.17) is 4.74 Å². The number of ether oxygens (including phenoxy) is 1. The lowest BCUT2D eigenvalue weighted by Gasteiger charge is -2.18. The van der Waals surface area contributed by atoms with E-state index in [0.29, 0.717) is 22.7 Å². The molecule has 1 aromatic heterocycles. The van der Waals surface area contributed by atoms with Crippen molar-refractivity contribution in [3.63, 3.8) is 0 Å². The number of hydrogen-bond acceptors (Lipinski definition) is 5. The van der Waals surface area contributed by atoms with Gasteiger partial charge >= 0.3 is 0 Å². The molecule has 0 saturated carbocycles. The largest absolute Gasteiger partial charge is 0.495 e. The number of thiophene rings is 1. The molecule has 5 nitrogen and oxygen atoms in total. The summed E-state index contributed by atoms with van der Waals surface area (Å²) in [5, 5.41) is 6.92. The average molecular weight is 441 g/mol. The average Bonchev–Trinajstić information content (AvgIpc) is 3.40. The Hall–Kier alpha value is -3.90. The molecule has 0 spiro atoms. The zero-order valence-electron chi connectivity index (χ0n) is 17.6. The van der Waals surface area contributed by atoms with Crippen molar-refractivity contribution in [1.82, 2.24) is 0 Å². The monoisotopic (exact) mass is 440 g/mol. The van der Waals surface area contributed by atoms with Crippen molar-refractivity contribution in [1.29, 1.82) is 0 Å². The summed E-state index contributed by atoms with van der Waals surface area (Å²) in [6.45, 7) is 1.96. The minimum absolute atomic E-state index is 0.245. The number of nitrogens with zero attached hydrogens (tertiary/aromatic N) is 1. The van der Waals surface area contributed by atoms with Gasteiger partial charge in [-0.05, 0) is 47.5 Å². The van der Waals surface area contributed by atoms with Crippen molar-refractivity contribution in [2.24, 2.45) is 0 Å². The number of imide groups is 1. The second kappa shape index (κ2) is 7.98. The van der Waals surface area contributed by atoms with E-state index in [1.54, 1.807) is 13.2 Å². The van der Waals surface area contributed by atoms with Crippen LogP contribution in [0.1, 0.15) is 10.4 Å². The number of benzene rings is 3. The highest BCUT2D eigenvalue weighted by atomic mass is 32.1. The molecule has 158 valence electrons. The number of carbonyl (C=O) groups excluding carboxylic acids is 2. The highest BCUT2D eigenvalue weighted by molar-refractivity contribution is 7.11. The summed E-state index contributed by atoms with van der Waals surface area (Å²) in [6.07, 6.45) is 0. The van der Waals surface area contributed by atoms with E-state index in [9.17, 15) is 9.59 Å². The second-order valence-corrected chi connectivity index (χ2v) is 8.45. The third-order valence-corrected chi connectivity index (χ3v) is 6.36. The Morgan fingerprint density at radius 1 is 0.906 bits per heavy atom. The molecular formula is C26H20N2O3S. The molecule has 0 fully saturated rings. The van der Waals surface area contributed by atoms with Gasteiger partial charge in [0, 0.05) is 10.3 Å². The van der Waals surface area contributed by atoms with E-state index >= 15 is 0 Å². The van der Waals surface area contributed by atoms with Crippen LogP contribution in [0.4, 0.5) is 11.4 Å². The summed E-state index contributed by atoms with van der Waals surface area (Å²) in [5.74, 6) is -0.140. The molecule has 0 unspecified atom stereocenters. The van der Waals surface area contributed by atoms with Crippen LogP contribution in [0, 0.1) is 6.92 Å². The fourth-order valence-electron chi connectivity index (χ4n) is 3.97. The lowest BCUT2D eigenvalue weighted by atomic mass is 10.1. The number of nitrogens with one attached hydrogen (secondary N) is 1. The minimum Gasteiger partial charge on any atom is -0.495 e. The summed E-state index contributed by atoms with van der Waals surface area (Å²) >= 11 is 1.43. The molecule has 0 bridgehead atoms. The lowest BCUT2D eigenvalue weighted by molar-refractivity contribution is -0.120. The summed E-state index contributed by atoms with van der Waals surface area (Å²) in [7, 11) is 1.58. The third kappa shape index (κ3) is 3.25. The molecule has 6 heteroatoms. The van der Waals surface area contributed by atoms with Gasteiger partial charge in [-0.1, -0.05) is 48.5 Å². The zero-order valence-corrected chi connectivity index (χ0v) is 18.4. The van der Waals surface area contributed by atoms with Gasteiger partial charge in [0.15, 0.2) is 0 Å². The molecule has 32 heavy (non-hydrogen) atoms. The maximum atomic E-state index is 13.7. The molecule has 2 heterocycles. The van der Waals surface area contributed by atoms with Crippen molar-refractivity contribution in [2.75, 3.05) is 17.3 Å². The van der Waals surface area contributed by atoms with Gasteiger partial charge in [-0.2, -0.15) is 0 Å². The second-order valence-electron chi connectivity index (χ2n) is 7.50. The predicted octanol–water partition coefficient (Wildman–Crippen LogP) is 5.61. The first-order chi connectivity index (χ1) is 15.6. The highest BCUT2D eigenvalue weighted by Gasteiger charge is 2.41. The molecule has 2 amide bonds. The van der Waals surface area contributed by atoms with E-state index in [1.165, 1.54) is 16.2 Å². The van der Waals surface area contributed by atoms with Crippen molar-refractivity contribution in [2.45, 2.75) is 6.92 Å². The smallest absolute Gasteiger partial charge is 0.282 e. The van der Waals surface area contributed by atoms with E-state index in [1.807, 2.05) is 79.0 Å². The first kappa shape index (κ1) is 20.0. The van der Waals surface area contributed by atoms with Crippen LogP contribution in [0.25, 0.3) is 16.3 Å². The fourth-order valence-corrected chi connectivity index (χ4v) is 4.74. The van der Waals surface area contributed by atoms with Gasteiger partial charge in [-0.15, -0.1) is 11.3 Å². The maximum Gasteiger partial charge on any atom is 0.282 e. The van der Waals surface area contributed by atoms with Gasteiger partial charge in [0.2, 0.25) is 0 Å². The summed E-state index contributed by atoms with van der Waals surface area (Å²) in [6, 6.07) is 22.8. The van der Waals surface area contributed by atoms with Crippen LogP contribution >= 0.6 is 11.3 Å². The third-order valence-electron chi connectivity index (χ3n) is 5.47. The number of fused-ring (bicyclic) bond motifs is 1. The van der Waals surface area contributed by atoms with E-state index < -0.39 is 5.91 Å². The molecule has 1 N–H and O–H groups in total. The Morgan fingerprint density at radius 2 is 1.72 bits per heavy atom. The van der Waals surface area contributed by atoms with Gasteiger partial charge in [0.25, 0.3) is 11.8 Å². The van der Waals surface area contributed by atoms with Gasteiger partial charge in [-0.3, -0.25) is 9.59 Å². The molecule has 5 rings (SSSR count). The SMILES string of the molecule is COc1ccc(C)cc1NC1=C(c2cccs2)C(=O)N(c2cccc3ccccc23)C1=O.